The van der Waals surface area contributed by atoms with E-state index in [0.717, 1.165) is 10.4 Å². The van der Waals surface area contributed by atoms with Gasteiger partial charge in [0, 0.05) is 16.8 Å². The Labute approximate surface area is 185 Å². The Morgan fingerprint density at radius 1 is 1.00 bits per heavy atom. The minimum atomic E-state index is -0.301. The van der Waals surface area contributed by atoms with Gasteiger partial charge in [0.2, 0.25) is 0 Å². The SMILES string of the molecule is CCn1nc(C(=O)NC(c2ccc(C(C)C)cc2)c2cccs2)c2ccccc2c1=O. The molecule has 1 atom stereocenters. The van der Waals surface area contributed by atoms with Crippen molar-refractivity contribution in [3.63, 3.8) is 0 Å². The van der Waals surface area contributed by atoms with Crippen LogP contribution in [0.5, 0.6) is 0 Å². The van der Waals surface area contributed by atoms with Crippen LogP contribution in [0.3, 0.4) is 0 Å². The molecule has 0 radical (unpaired) electrons. The average molecular weight is 432 g/mol. The van der Waals surface area contributed by atoms with E-state index in [1.165, 1.54) is 10.2 Å². The van der Waals surface area contributed by atoms with Crippen LogP contribution in [-0.4, -0.2) is 15.7 Å². The van der Waals surface area contributed by atoms with Crippen molar-refractivity contribution < 1.29 is 4.79 Å². The maximum atomic E-state index is 13.4. The summed E-state index contributed by atoms with van der Waals surface area (Å²) in [7, 11) is 0. The van der Waals surface area contributed by atoms with Crippen LogP contribution < -0.4 is 10.9 Å². The van der Waals surface area contributed by atoms with Gasteiger partial charge in [-0.1, -0.05) is 62.4 Å². The van der Waals surface area contributed by atoms with Crippen molar-refractivity contribution in [2.45, 2.75) is 39.3 Å². The Bertz CT molecular complexity index is 1260. The molecule has 2 heterocycles. The van der Waals surface area contributed by atoms with Gasteiger partial charge in [-0.15, -0.1) is 11.3 Å². The fourth-order valence-corrected chi connectivity index (χ4v) is 4.47. The second kappa shape index (κ2) is 8.86. The van der Waals surface area contributed by atoms with Crippen molar-refractivity contribution in [1.29, 1.82) is 0 Å². The number of rotatable bonds is 6. The Hall–Kier alpha value is -3.25. The Morgan fingerprint density at radius 3 is 2.29 bits per heavy atom. The number of hydrogen-bond acceptors (Lipinski definition) is 4. The highest BCUT2D eigenvalue weighted by Gasteiger charge is 2.22. The molecule has 1 unspecified atom stereocenters. The fraction of sp³-hybridized carbons (Fsp3) is 0.240. The van der Waals surface area contributed by atoms with Crippen molar-refractivity contribution in [3.05, 3.63) is 98.1 Å². The van der Waals surface area contributed by atoms with E-state index in [-0.39, 0.29) is 23.2 Å². The summed E-state index contributed by atoms with van der Waals surface area (Å²) in [5, 5.41) is 10.6. The summed E-state index contributed by atoms with van der Waals surface area (Å²) in [5.74, 6) is 0.138. The van der Waals surface area contributed by atoms with Crippen LogP contribution in [0.15, 0.2) is 70.8 Å². The molecule has 31 heavy (non-hydrogen) atoms. The van der Waals surface area contributed by atoms with Gasteiger partial charge in [-0.25, -0.2) is 4.68 Å². The predicted molar refractivity (Wildman–Crippen MR) is 126 cm³/mol. The molecule has 0 bridgehead atoms. The number of thiophene rings is 1. The lowest BCUT2D eigenvalue weighted by Crippen LogP contribution is -2.33. The fourth-order valence-electron chi connectivity index (χ4n) is 3.66. The number of aryl methyl sites for hydroxylation is 1. The lowest BCUT2D eigenvalue weighted by molar-refractivity contribution is 0.0938. The second-order valence-corrected chi connectivity index (χ2v) is 8.74. The van der Waals surface area contributed by atoms with Gasteiger partial charge in [0.15, 0.2) is 5.69 Å². The van der Waals surface area contributed by atoms with Gasteiger partial charge >= 0.3 is 0 Å². The number of aromatic nitrogens is 2. The first-order valence-electron chi connectivity index (χ1n) is 10.4. The van der Waals surface area contributed by atoms with Crippen molar-refractivity contribution in [1.82, 2.24) is 15.1 Å². The zero-order chi connectivity index (χ0) is 22.0. The van der Waals surface area contributed by atoms with E-state index in [0.29, 0.717) is 23.2 Å². The molecule has 2 aromatic heterocycles. The summed E-state index contributed by atoms with van der Waals surface area (Å²) in [6.45, 7) is 6.56. The molecule has 1 N–H and O–H groups in total. The summed E-state index contributed by atoms with van der Waals surface area (Å²) in [6, 6.07) is 19.2. The Kier molecular flexibility index (Phi) is 6.00. The third-order valence-corrected chi connectivity index (χ3v) is 6.36. The molecule has 0 spiro atoms. The number of carbonyl (C=O) groups is 1. The minimum absolute atomic E-state index is 0.186. The lowest BCUT2D eigenvalue weighted by Gasteiger charge is -2.19. The van der Waals surface area contributed by atoms with Crippen molar-refractivity contribution in [2.24, 2.45) is 0 Å². The van der Waals surface area contributed by atoms with Crippen LogP contribution >= 0.6 is 11.3 Å². The van der Waals surface area contributed by atoms with Gasteiger partial charge in [0.05, 0.1) is 11.4 Å². The van der Waals surface area contributed by atoms with Crippen LogP contribution in [0.25, 0.3) is 10.8 Å². The quantitative estimate of drug-likeness (QED) is 0.461. The van der Waals surface area contributed by atoms with E-state index < -0.39 is 0 Å². The summed E-state index contributed by atoms with van der Waals surface area (Å²) in [4.78, 5) is 27.1. The van der Waals surface area contributed by atoms with Crippen molar-refractivity contribution in [2.75, 3.05) is 0 Å². The summed E-state index contributed by atoms with van der Waals surface area (Å²) in [5.41, 5.74) is 2.34. The first-order valence-corrected chi connectivity index (χ1v) is 11.3. The lowest BCUT2D eigenvalue weighted by atomic mass is 9.98. The molecule has 0 saturated carbocycles. The predicted octanol–water partition coefficient (Wildman–Crippen LogP) is 5.12. The highest BCUT2D eigenvalue weighted by Crippen LogP contribution is 2.28. The number of nitrogens with zero attached hydrogens (tertiary/aromatic N) is 2. The van der Waals surface area contributed by atoms with Crippen LogP contribution in [-0.2, 0) is 6.54 Å². The monoisotopic (exact) mass is 431 g/mol. The molecule has 0 fully saturated rings. The van der Waals surface area contributed by atoms with Gasteiger partial charge in [0.25, 0.3) is 11.5 Å². The highest BCUT2D eigenvalue weighted by molar-refractivity contribution is 7.10. The van der Waals surface area contributed by atoms with E-state index in [1.807, 2.05) is 30.5 Å². The maximum absolute atomic E-state index is 13.4. The molecular formula is C25H25N3O2S. The summed E-state index contributed by atoms with van der Waals surface area (Å²) < 4.78 is 1.34. The van der Waals surface area contributed by atoms with Crippen LogP contribution in [0.2, 0.25) is 0 Å². The summed E-state index contributed by atoms with van der Waals surface area (Å²) in [6.07, 6.45) is 0. The van der Waals surface area contributed by atoms with E-state index in [1.54, 1.807) is 29.5 Å². The Morgan fingerprint density at radius 2 is 1.68 bits per heavy atom. The van der Waals surface area contributed by atoms with Gasteiger partial charge in [-0.2, -0.15) is 5.10 Å². The minimum Gasteiger partial charge on any atom is -0.339 e. The highest BCUT2D eigenvalue weighted by atomic mass is 32.1. The van der Waals surface area contributed by atoms with Crippen molar-refractivity contribution in [3.8, 4) is 0 Å². The number of nitrogens with one attached hydrogen (secondary N) is 1. The zero-order valence-corrected chi connectivity index (χ0v) is 18.6. The molecule has 158 valence electrons. The molecule has 0 aliphatic heterocycles. The number of fused-ring (bicyclic) bond motifs is 1. The third kappa shape index (κ3) is 4.16. The van der Waals surface area contributed by atoms with E-state index in [2.05, 4.69) is 48.5 Å². The van der Waals surface area contributed by atoms with E-state index in [4.69, 9.17) is 0 Å². The first-order chi connectivity index (χ1) is 15.0. The van der Waals surface area contributed by atoms with Gasteiger partial charge in [-0.3, -0.25) is 9.59 Å². The van der Waals surface area contributed by atoms with Gasteiger partial charge < -0.3 is 5.32 Å². The van der Waals surface area contributed by atoms with E-state index >= 15 is 0 Å². The first kappa shape index (κ1) is 21.0. The van der Waals surface area contributed by atoms with Crippen molar-refractivity contribution >= 4 is 28.0 Å². The van der Waals surface area contributed by atoms with Gasteiger partial charge in [-0.05, 0) is 41.5 Å². The molecular weight excluding hydrogens is 406 g/mol. The molecule has 5 nitrogen and oxygen atoms in total. The number of benzene rings is 2. The van der Waals surface area contributed by atoms with Crippen LogP contribution in [0.4, 0.5) is 0 Å². The Balaban J connectivity index is 1.75. The number of amides is 1. The van der Waals surface area contributed by atoms with E-state index in [9.17, 15) is 9.59 Å². The normalized spacial score (nSPS) is 12.3. The standard InChI is InChI=1S/C25H25N3O2S/c1-4-28-25(30)20-9-6-5-8-19(20)23(27-28)24(29)26-22(21-10-7-15-31-21)18-13-11-17(12-14-18)16(2)3/h5-16,22H,4H2,1-3H3,(H,26,29). The van der Waals surface area contributed by atoms with Crippen LogP contribution in [0.1, 0.15) is 59.2 Å². The second-order valence-electron chi connectivity index (χ2n) is 7.76. The van der Waals surface area contributed by atoms with Gasteiger partial charge in [0.1, 0.15) is 0 Å². The number of hydrogen-bond donors (Lipinski definition) is 1. The zero-order valence-electron chi connectivity index (χ0n) is 17.8. The molecule has 0 saturated heterocycles. The molecule has 2 aromatic carbocycles. The topological polar surface area (TPSA) is 64.0 Å². The largest absolute Gasteiger partial charge is 0.339 e. The third-order valence-electron chi connectivity index (χ3n) is 5.42. The molecule has 4 rings (SSSR count). The molecule has 6 heteroatoms. The maximum Gasteiger partial charge on any atom is 0.274 e. The smallest absolute Gasteiger partial charge is 0.274 e. The molecule has 0 aliphatic carbocycles. The van der Waals surface area contributed by atoms with Crippen LogP contribution in [0, 0.1) is 0 Å². The molecule has 0 aliphatic rings. The molecule has 1 amide bonds. The number of carbonyl (C=O) groups excluding carboxylic acids is 1. The average Bonchev–Trinajstić information content (AvgIpc) is 3.32. The summed E-state index contributed by atoms with van der Waals surface area (Å²) >= 11 is 1.60. The molecule has 4 aromatic rings.